The predicted octanol–water partition coefficient (Wildman–Crippen LogP) is 2.92. The van der Waals surface area contributed by atoms with E-state index in [1.54, 1.807) is 0 Å². The molecule has 0 fully saturated rings. The van der Waals surface area contributed by atoms with E-state index in [2.05, 4.69) is 27.4 Å². The Labute approximate surface area is 169 Å². The van der Waals surface area contributed by atoms with Gasteiger partial charge in [0.25, 0.3) is 0 Å². The van der Waals surface area contributed by atoms with Crippen LogP contribution in [0.3, 0.4) is 0 Å². The monoisotopic (exact) mass is 493 g/mol. The number of alkyl halides is 7. The average molecular weight is 493 g/mol. The van der Waals surface area contributed by atoms with Crippen molar-refractivity contribution in [1.29, 1.82) is 0 Å². The second-order valence-electron chi connectivity index (χ2n) is 5.46. The van der Waals surface area contributed by atoms with E-state index in [4.69, 9.17) is 0 Å². The van der Waals surface area contributed by atoms with Gasteiger partial charge in [-0.05, 0) is 12.8 Å². The van der Waals surface area contributed by atoms with Crippen molar-refractivity contribution in [1.82, 2.24) is 0 Å². The highest BCUT2D eigenvalue weighted by Crippen LogP contribution is 2.42. The zero-order valence-corrected chi connectivity index (χ0v) is 15.8. The Kier molecular flexibility index (Phi) is 9.18. The lowest BCUT2D eigenvalue weighted by Crippen LogP contribution is -2.58. The SMILES string of the molecule is C=COC(=O)C(OCCCCC(F)(F)C(F)(F)S(=O)(=O)[O-])(OC(=O)C(=C)F)C(F)(F)F. The zero-order valence-electron chi connectivity index (χ0n) is 15.0. The molecule has 8 nitrogen and oxygen atoms in total. The van der Waals surface area contributed by atoms with E-state index >= 15 is 0 Å². The van der Waals surface area contributed by atoms with Crippen LogP contribution in [-0.2, 0) is 33.9 Å². The highest BCUT2D eigenvalue weighted by atomic mass is 32.2. The fourth-order valence-corrected chi connectivity index (χ4v) is 2.19. The largest absolute Gasteiger partial charge is 0.743 e. The van der Waals surface area contributed by atoms with Crippen LogP contribution in [0, 0.1) is 0 Å². The molecule has 0 saturated carbocycles. The van der Waals surface area contributed by atoms with Gasteiger partial charge in [0.2, 0.25) is 5.83 Å². The quantitative estimate of drug-likeness (QED) is 0.0775. The van der Waals surface area contributed by atoms with Gasteiger partial charge in [0.15, 0.2) is 10.1 Å². The highest BCUT2D eigenvalue weighted by molar-refractivity contribution is 7.86. The molecule has 0 radical (unpaired) electrons. The van der Waals surface area contributed by atoms with Crippen molar-refractivity contribution in [3.8, 4) is 0 Å². The highest BCUT2D eigenvalue weighted by Gasteiger charge is 2.68. The number of ether oxygens (including phenoxy) is 3. The van der Waals surface area contributed by atoms with Gasteiger partial charge in [0.1, 0.15) is 0 Å². The van der Waals surface area contributed by atoms with Crippen molar-refractivity contribution in [2.24, 2.45) is 0 Å². The van der Waals surface area contributed by atoms with E-state index in [1.807, 2.05) is 0 Å². The summed E-state index contributed by atoms with van der Waals surface area (Å²) in [6.45, 7) is 3.70. The summed E-state index contributed by atoms with van der Waals surface area (Å²) < 4.78 is 148. The van der Waals surface area contributed by atoms with E-state index in [1.165, 1.54) is 0 Å². The van der Waals surface area contributed by atoms with Gasteiger partial charge in [-0.3, -0.25) is 0 Å². The molecule has 0 aliphatic rings. The summed E-state index contributed by atoms with van der Waals surface area (Å²) >= 11 is 0. The van der Waals surface area contributed by atoms with Crippen LogP contribution in [0.1, 0.15) is 19.3 Å². The number of hydrogen-bond acceptors (Lipinski definition) is 8. The first-order valence-corrected chi connectivity index (χ1v) is 8.99. The first-order valence-electron chi connectivity index (χ1n) is 7.58. The van der Waals surface area contributed by atoms with Gasteiger partial charge in [-0.2, -0.15) is 35.1 Å². The number of carbonyl (C=O) groups is 2. The standard InChI is InChI=1S/C14H14F8O8S/c1-3-28-10(24)12(13(18,19)20,30-9(23)8(2)15)29-7-5-4-6-11(16,17)14(21,22)31(25,26)27/h3H,1-2,4-7H2,(H,25,26,27)/p-1. The Bertz CT molecular complexity index is 808. The van der Waals surface area contributed by atoms with E-state index < -0.39 is 76.9 Å². The number of hydrogen-bond donors (Lipinski definition) is 0. The van der Waals surface area contributed by atoms with Crippen LogP contribution in [0.15, 0.2) is 25.2 Å². The maximum atomic E-state index is 13.3. The van der Waals surface area contributed by atoms with Gasteiger partial charge in [-0.15, -0.1) is 0 Å². The van der Waals surface area contributed by atoms with Crippen LogP contribution < -0.4 is 0 Å². The summed E-state index contributed by atoms with van der Waals surface area (Å²) in [5.74, 6) is -17.0. The number of carbonyl (C=O) groups excluding carboxylic acids is 2. The third kappa shape index (κ3) is 6.60. The minimum Gasteiger partial charge on any atom is -0.743 e. The van der Waals surface area contributed by atoms with Crippen molar-refractivity contribution < 1.29 is 71.9 Å². The summed E-state index contributed by atoms with van der Waals surface area (Å²) in [6, 6.07) is 0. The molecule has 17 heteroatoms. The molecule has 0 amide bonds. The molecule has 0 aromatic heterocycles. The zero-order chi connectivity index (χ0) is 24.9. The third-order valence-electron chi connectivity index (χ3n) is 3.22. The second-order valence-corrected chi connectivity index (χ2v) is 6.88. The summed E-state index contributed by atoms with van der Waals surface area (Å²) in [6.07, 6.45) is -9.92. The molecule has 0 aromatic rings. The summed E-state index contributed by atoms with van der Waals surface area (Å²) in [4.78, 5) is 22.8. The van der Waals surface area contributed by atoms with Crippen LogP contribution in [0.4, 0.5) is 35.1 Å². The third-order valence-corrected chi connectivity index (χ3v) is 4.15. The molecule has 180 valence electrons. The normalized spacial score (nSPS) is 15.0. The number of unbranched alkanes of at least 4 members (excludes halogenated alkanes) is 1. The van der Waals surface area contributed by atoms with Gasteiger partial charge in [0.05, 0.1) is 12.9 Å². The predicted molar refractivity (Wildman–Crippen MR) is 80.8 cm³/mol. The van der Waals surface area contributed by atoms with Gasteiger partial charge in [-0.1, -0.05) is 13.2 Å². The van der Waals surface area contributed by atoms with E-state index in [0.29, 0.717) is 0 Å². The second kappa shape index (κ2) is 9.90. The Balaban J connectivity index is 5.46. The van der Waals surface area contributed by atoms with E-state index in [-0.39, 0.29) is 6.26 Å². The minimum atomic E-state index is -6.77. The first kappa shape index (κ1) is 28.7. The van der Waals surface area contributed by atoms with Crippen molar-refractivity contribution in [2.75, 3.05) is 6.61 Å². The molecule has 0 N–H and O–H groups in total. The Morgan fingerprint density at radius 2 is 1.55 bits per heavy atom. The van der Waals surface area contributed by atoms with Crippen LogP contribution in [0.2, 0.25) is 0 Å². The molecule has 31 heavy (non-hydrogen) atoms. The smallest absolute Gasteiger partial charge is 0.468 e. The van der Waals surface area contributed by atoms with Crippen LogP contribution in [0.5, 0.6) is 0 Å². The lowest BCUT2D eigenvalue weighted by atomic mass is 10.1. The van der Waals surface area contributed by atoms with Crippen LogP contribution in [-0.4, -0.2) is 54.7 Å². The fourth-order valence-electron chi connectivity index (χ4n) is 1.72. The topological polar surface area (TPSA) is 119 Å². The Morgan fingerprint density at radius 1 is 1.03 bits per heavy atom. The molecule has 0 saturated heterocycles. The van der Waals surface area contributed by atoms with Gasteiger partial charge in [-0.25, -0.2) is 18.0 Å². The van der Waals surface area contributed by atoms with Crippen molar-refractivity contribution in [3.63, 3.8) is 0 Å². The molecular formula is C14H13F8O8S-. The molecule has 0 rings (SSSR count). The molecule has 0 spiro atoms. The molecular weight excluding hydrogens is 480 g/mol. The van der Waals surface area contributed by atoms with Crippen LogP contribution >= 0.6 is 0 Å². The average Bonchev–Trinajstić information content (AvgIpc) is 2.57. The summed E-state index contributed by atoms with van der Waals surface area (Å²) in [7, 11) is -6.77. The Hall–Kier alpha value is -2.27. The maximum absolute atomic E-state index is 13.3. The summed E-state index contributed by atoms with van der Waals surface area (Å²) in [5.41, 5.74) is 0. The molecule has 1 atom stereocenters. The lowest BCUT2D eigenvalue weighted by Gasteiger charge is -2.31. The van der Waals surface area contributed by atoms with Gasteiger partial charge < -0.3 is 18.8 Å². The minimum absolute atomic E-state index is 0.149. The number of rotatable bonds is 12. The van der Waals surface area contributed by atoms with Crippen molar-refractivity contribution in [2.45, 2.75) is 42.4 Å². The molecule has 0 aromatic carbocycles. The first-order chi connectivity index (χ1) is 13.8. The van der Waals surface area contributed by atoms with Crippen molar-refractivity contribution in [3.05, 3.63) is 25.2 Å². The Morgan fingerprint density at radius 3 is 1.94 bits per heavy atom. The summed E-state index contributed by atoms with van der Waals surface area (Å²) in [5, 5.41) is -6.01. The molecule has 0 bridgehead atoms. The van der Waals surface area contributed by atoms with Crippen LogP contribution in [0.25, 0.3) is 0 Å². The molecule has 0 aliphatic carbocycles. The van der Waals surface area contributed by atoms with Crippen molar-refractivity contribution >= 4 is 22.1 Å². The lowest BCUT2D eigenvalue weighted by molar-refractivity contribution is -0.353. The molecule has 0 aliphatic heterocycles. The maximum Gasteiger partial charge on any atom is 0.468 e. The van der Waals surface area contributed by atoms with Gasteiger partial charge >= 0.3 is 35.1 Å². The number of esters is 2. The fraction of sp³-hybridized carbons (Fsp3) is 0.571. The van der Waals surface area contributed by atoms with E-state index in [9.17, 15) is 57.7 Å². The van der Waals surface area contributed by atoms with E-state index in [0.717, 1.165) is 0 Å². The molecule has 1 unspecified atom stereocenters. The van der Waals surface area contributed by atoms with Gasteiger partial charge in [0, 0.05) is 6.42 Å². The number of halogens is 8. The molecule has 0 heterocycles.